The number of sulfonamides is 1. The molecule has 0 spiro atoms. The molecule has 2 aromatic rings. The van der Waals surface area contributed by atoms with Crippen molar-refractivity contribution in [1.29, 1.82) is 0 Å². The molecular formula is C11H9N3O4S2. The number of non-ortho nitro benzene ring substituents is 1. The minimum Gasteiger partial charge on any atom is -0.258 e. The highest BCUT2D eigenvalue weighted by Crippen LogP contribution is 2.15. The SMILES string of the molecule is O=[N+]([O-])c1ccc(S(=O)(=O)N/N=C\c2cccs2)cc1. The first-order valence-electron chi connectivity index (χ1n) is 5.32. The van der Waals surface area contributed by atoms with Crippen molar-refractivity contribution in [3.8, 4) is 0 Å². The topological polar surface area (TPSA) is 102 Å². The van der Waals surface area contributed by atoms with Crippen LogP contribution in [-0.4, -0.2) is 19.6 Å². The Balaban J connectivity index is 2.12. The molecular weight excluding hydrogens is 302 g/mol. The lowest BCUT2D eigenvalue weighted by atomic mass is 10.3. The smallest absolute Gasteiger partial charge is 0.258 e. The summed E-state index contributed by atoms with van der Waals surface area (Å²) in [5.74, 6) is 0. The van der Waals surface area contributed by atoms with Gasteiger partial charge in [-0.2, -0.15) is 13.5 Å². The summed E-state index contributed by atoms with van der Waals surface area (Å²) in [6, 6.07) is 8.16. The molecule has 1 aromatic carbocycles. The van der Waals surface area contributed by atoms with E-state index in [1.807, 2.05) is 16.3 Å². The summed E-state index contributed by atoms with van der Waals surface area (Å²) in [5, 5.41) is 16.0. The normalized spacial score (nSPS) is 11.6. The van der Waals surface area contributed by atoms with Crippen molar-refractivity contribution in [2.24, 2.45) is 5.10 Å². The van der Waals surface area contributed by atoms with E-state index in [4.69, 9.17) is 0 Å². The third kappa shape index (κ3) is 3.39. The standard InChI is InChI=1S/C11H9N3O4S2/c15-14(16)9-3-5-11(6-4-9)20(17,18)13-12-8-10-2-1-7-19-10/h1-8,13H/b12-8-. The number of nitrogens with one attached hydrogen (secondary N) is 1. The molecule has 0 bridgehead atoms. The number of nitro benzene ring substituents is 1. The fourth-order valence-corrected chi connectivity index (χ4v) is 2.70. The lowest BCUT2D eigenvalue weighted by Gasteiger charge is -2.02. The van der Waals surface area contributed by atoms with Gasteiger partial charge in [0.15, 0.2) is 0 Å². The largest absolute Gasteiger partial charge is 0.276 e. The van der Waals surface area contributed by atoms with Crippen molar-refractivity contribution >= 4 is 33.3 Å². The summed E-state index contributed by atoms with van der Waals surface area (Å²) in [6.45, 7) is 0. The van der Waals surface area contributed by atoms with Gasteiger partial charge in [-0.1, -0.05) is 6.07 Å². The molecule has 0 saturated heterocycles. The van der Waals surface area contributed by atoms with Crippen molar-refractivity contribution in [3.05, 3.63) is 56.8 Å². The molecule has 2 rings (SSSR count). The van der Waals surface area contributed by atoms with Gasteiger partial charge in [0.2, 0.25) is 0 Å². The Morgan fingerprint density at radius 3 is 2.50 bits per heavy atom. The zero-order valence-corrected chi connectivity index (χ0v) is 11.6. The summed E-state index contributed by atoms with van der Waals surface area (Å²) >= 11 is 1.42. The van der Waals surface area contributed by atoms with Gasteiger partial charge in [0.1, 0.15) is 0 Å². The molecule has 0 aliphatic rings. The Hall–Kier alpha value is -2.26. The molecule has 0 saturated carbocycles. The summed E-state index contributed by atoms with van der Waals surface area (Å²) < 4.78 is 23.7. The van der Waals surface area contributed by atoms with Crippen LogP contribution in [0.1, 0.15) is 4.88 Å². The van der Waals surface area contributed by atoms with Crippen molar-refractivity contribution in [2.45, 2.75) is 4.90 Å². The Kier molecular flexibility index (Phi) is 4.11. The van der Waals surface area contributed by atoms with E-state index in [0.29, 0.717) is 0 Å². The second-order valence-corrected chi connectivity index (χ2v) is 6.26. The van der Waals surface area contributed by atoms with Crippen LogP contribution in [0.5, 0.6) is 0 Å². The summed E-state index contributed by atoms with van der Waals surface area (Å²) in [7, 11) is -3.82. The number of thiophene rings is 1. The fraction of sp³-hybridized carbons (Fsp3) is 0. The van der Waals surface area contributed by atoms with Gasteiger partial charge in [-0.3, -0.25) is 10.1 Å². The minimum absolute atomic E-state index is 0.0913. The van der Waals surface area contributed by atoms with E-state index in [0.717, 1.165) is 29.1 Å². The van der Waals surface area contributed by atoms with Crippen LogP contribution in [-0.2, 0) is 10.0 Å². The predicted molar refractivity (Wildman–Crippen MR) is 75.3 cm³/mol. The Morgan fingerprint density at radius 1 is 1.25 bits per heavy atom. The molecule has 0 aliphatic carbocycles. The lowest BCUT2D eigenvalue weighted by Crippen LogP contribution is -2.18. The molecule has 1 aromatic heterocycles. The third-order valence-corrected chi connectivity index (χ3v) is 4.31. The Morgan fingerprint density at radius 2 is 1.95 bits per heavy atom. The van der Waals surface area contributed by atoms with Crippen molar-refractivity contribution in [2.75, 3.05) is 0 Å². The molecule has 0 radical (unpaired) electrons. The zero-order chi connectivity index (χ0) is 14.6. The highest BCUT2D eigenvalue weighted by molar-refractivity contribution is 7.89. The minimum atomic E-state index is -3.82. The quantitative estimate of drug-likeness (QED) is 0.518. The van der Waals surface area contributed by atoms with Crippen LogP contribution in [0.15, 0.2) is 51.8 Å². The maximum Gasteiger partial charge on any atom is 0.276 e. The third-order valence-electron chi connectivity index (χ3n) is 2.27. The van der Waals surface area contributed by atoms with E-state index in [1.165, 1.54) is 17.6 Å². The molecule has 0 fully saturated rings. The van der Waals surface area contributed by atoms with Gasteiger partial charge in [-0.05, 0) is 23.6 Å². The number of nitrogens with zero attached hydrogens (tertiary/aromatic N) is 2. The first kappa shape index (κ1) is 14.2. The molecule has 0 aliphatic heterocycles. The summed E-state index contributed by atoms with van der Waals surface area (Å²) in [6.07, 6.45) is 1.38. The molecule has 0 atom stereocenters. The van der Waals surface area contributed by atoms with Crippen molar-refractivity contribution < 1.29 is 13.3 Å². The first-order chi connectivity index (χ1) is 9.49. The highest BCUT2D eigenvalue weighted by Gasteiger charge is 2.14. The molecule has 9 heteroatoms. The van der Waals surface area contributed by atoms with E-state index in [-0.39, 0.29) is 10.6 Å². The van der Waals surface area contributed by atoms with Crippen LogP contribution >= 0.6 is 11.3 Å². The Labute approximate surface area is 118 Å². The number of nitro groups is 1. The summed E-state index contributed by atoms with van der Waals surface area (Å²) in [5.41, 5.74) is -0.175. The Bertz CT molecular complexity index is 722. The average molecular weight is 311 g/mol. The van der Waals surface area contributed by atoms with Crippen LogP contribution < -0.4 is 4.83 Å². The van der Waals surface area contributed by atoms with Crippen molar-refractivity contribution in [3.63, 3.8) is 0 Å². The maximum absolute atomic E-state index is 11.9. The fourth-order valence-electron chi connectivity index (χ4n) is 1.32. The molecule has 1 heterocycles. The van der Waals surface area contributed by atoms with E-state index in [9.17, 15) is 18.5 Å². The number of rotatable bonds is 5. The van der Waals surface area contributed by atoms with Gasteiger partial charge in [0.05, 0.1) is 16.0 Å². The van der Waals surface area contributed by atoms with Gasteiger partial charge >= 0.3 is 0 Å². The van der Waals surface area contributed by atoms with Gasteiger partial charge in [0.25, 0.3) is 15.7 Å². The number of hydrogen-bond acceptors (Lipinski definition) is 6. The molecule has 0 amide bonds. The molecule has 20 heavy (non-hydrogen) atoms. The van der Waals surface area contributed by atoms with Gasteiger partial charge in [0, 0.05) is 17.0 Å². The van der Waals surface area contributed by atoms with Crippen LogP contribution in [0.3, 0.4) is 0 Å². The highest BCUT2D eigenvalue weighted by atomic mass is 32.2. The number of hydrazone groups is 1. The van der Waals surface area contributed by atoms with Gasteiger partial charge < -0.3 is 0 Å². The maximum atomic E-state index is 11.9. The van der Waals surface area contributed by atoms with Gasteiger partial charge in [-0.15, -0.1) is 11.3 Å². The zero-order valence-electron chi connectivity index (χ0n) is 9.96. The van der Waals surface area contributed by atoms with E-state index in [1.54, 1.807) is 6.07 Å². The lowest BCUT2D eigenvalue weighted by molar-refractivity contribution is -0.384. The van der Waals surface area contributed by atoms with Crippen LogP contribution in [0.4, 0.5) is 5.69 Å². The van der Waals surface area contributed by atoms with Gasteiger partial charge in [-0.25, -0.2) is 4.83 Å². The molecule has 1 N–H and O–H groups in total. The average Bonchev–Trinajstić information content (AvgIpc) is 2.92. The molecule has 104 valence electrons. The first-order valence-corrected chi connectivity index (χ1v) is 7.68. The number of hydrogen-bond donors (Lipinski definition) is 1. The van der Waals surface area contributed by atoms with E-state index in [2.05, 4.69) is 5.10 Å². The second kappa shape index (κ2) is 5.80. The van der Waals surface area contributed by atoms with Crippen LogP contribution in [0.2, 0.25) is 0 Å². The second-order valence-electron chi connectivity index (χ2n) is 3.62. The molecule has 0 unspecified atom stereocenters. The predicted octanol–water partition coefficient (Wildman–Crippen LogP) is 1.97. The van der Waals surface area contributed by atoms with E-state index < -0.39 is 14.9 Å². The van der Waals surface area contributed by atoms with Crippen LogP contribution in [0.25, 0.3) is 0 Å². The van der Waals surface area contributed by atoms with E-state index >= 15 is 0 Å². The summed E-state index contributed by atoms with van der Waals surface area (Å²) in [4.78, 5) is 12.6. The monoisotopic (exact) mass is 311 g/mol. The number of benzene rings is 1. The van der Waals surface area contributed by atoms with Crippen LogP contribution in [0, 0.1) is 10.1 Å². The van der Waals surface area contributed by atoms with Crippen molar-refractivity contribution in [1.82, 2.24) is 4.83 Å². The molecule has 7 nitrogen and oxygen atoms in total.